The third kappa shape index (κ3) is 5.81. The molecular weight excluding hydrogens is 247 g/mol. The summed E-state index contributed by atoms with van der Waals surface area (Å²) in [5.41, 5.74) is 0.214. The Hall–Kier alpha value is -1.46. The largest absolute Gasteiger partial charge is 0.396 e. The molecule has 19 heavy (non-hydrogen) atoms. The summed E-state index contributed by atoms with van der Waals surface area (Å²) in [4.78, 5) is 13.8. The summed E-state index contributed by atoms with van der Waals surface area (Å²) in [6.45, 7) is 4.35. The van der Waals surface area contributed by atoms with E-state index in [9.17, 15) is 9.18 Å². The van der Waals surface area contributed by atoms with Crippen LogP contribution >= 0.6 is 0 Å². The molecule has 106 valence electrons. The topological polar surface area (TPSA) is 52.6 Å². The molecule has 1 aromatic rings. The van der Waals surface area contributed by atoms with E-state index < -0.39 is 5.82 Å². The first kappa shape index (κ1) is 15.6. The van der Waals surface area contributed by atoms with Crippen LogP contribution in [0, 0.1) is 5.82 Å². The molecule has 0 saturated carbocycles. The van der Waals surface area contributed by atoms with E-state index >= 15 is 0 Å². The molecule has 0 aromatic heterocycles. The van der Waals surface area contributed by atoms with Crippen molar-refractivity contribution in [3.63, 3.8) is 0 Å². The lowest BCUT2D eigenvalue weighted by atomic mass is 10.3. The second kappa shape index (κ2) is 8.61. The predicted molar refractivity (Wildman–Crippen MR) is 73.5 cm³/mol. The number of carbonyl (C=O) groups is 1. The van der Waals surface area contributed by atoms with Crippen molar-refractivity contribution in [3.05, 3.63) is 30.1 Å². The van der Waals surface area contributed by atoms with Crippen molar-refractivity contribution in [2.75, 3.05) is 31.6 Å². The number of aliphatic hydroxyl groups is 1. The second-order valence-corrected chi connectivity index (χ2v) is 4.29. The second-order valence-electron chi connectivity index (χ2n) is 4.29. The highest BCUT2D eigenvalue weighted by Crippen LogP contribution is 2.12. The van der Waals surface area contributed by atoms with Gasteiger partial charge in [-0.05, 0) is 25.1 Å². The first-order chi connectivity index (χ1) is 9.17. The number of amides is 1. The summed E-state index contributed by atoms with van der Waals surface area (Å²) in [7, 11) is 0. The lowest BCUT2D eigenvalue weighted by Crippen LogP contribution is -2.29. The summed E-state index contributed by atoms with van der Waals surface area (Å²) in [6, 6.07) is 6.11. The zero-order valence-electron chi connectivity index (χ0n) is 11.2. The molecule has 1 aromatic carbocycles. The number of aliphatic hydroxyl groups excluding tert-OH is 1. The van der Waals surface area contributed by atoms with Crippen LogP contribution in [0.25, 0.3) is 0 Å². The number of hydrogen-bond donors (Lipinski definition) is 2. The molecule has 0 radical (unpaired) electrons. The van der Waals surface area contributed by atoms with Gasteiger partial charge in [-0.15, -0.1) is 0 Å². The average molecular weight is 268 g/mol. The summed E-state index contributed by atoms with van der Waals surface area (Å²) in [5.74, 6) is -0.629. The van der Waals surface area contributed by atoms with E-state index in [0.717, 1.165) is 13.1 Å². The number of carbonyl (C=O) groups excluding carboxylic acids is 1. The number of hydrogen-bond acceptors (Lipinski definition) is 3. The Morgan fingerprint density at radius 1 is 1.37 bits per heavy atom. The van der Waals surface area contributed by atoms with E-state index in [4.69, 9.17) is 5.11 Å². The van der Waals surface area contributed by atoms with Crippen LogP contribution in [0.3, 0.4) is 0 Å². The Kier molecular flexibility index (Phi) is 7.07. The van der Waals surface area contributed by atoms with Crippen molar-refractivity contribution in [3.8, 4) is 0 Å². The minimum Gasteiger partial charge on any atom is -0.396 e. The Morgan fingerprint density at radius 2 is 2.11 bits per heavy atom. The zero-order valence-corrected chi connectivity index (χ0v) is 11.2. The van der Waals surface area contributed by atoms with Crippen molar-refractivity contribution < 1.29 is 14.3 Å². The third-order valence-corrected chi connectivity index (χ3v) is 2.88. The number of anilines is 1. The fourth-order valence-electron chi connectivity index (χ4n) is 1.76. The fraction of sp³-hybridized carbons (Fsp3) is 0.500. The first-order valence-electron chi connectivity index (χ1n) is 6.55. The molecule has 4 nitrogen and oxygen atoms in total. The van der Waals surface area contributed by atoms with Crippen molar-refractivity contribution in [2.45, 2.75) is 19.8 Å². The number of nitrogens with one attached hydrogen (secondary N) is 1. The summed E-state index contributed by atoms with van der Waals surface area (Å²) >= 11 is 0. The third-order valence-electron chi connectivity index (χ3n) is 2.88. The van der Waals surface area contributed by atoms with E-state index in [1.165, 1.54) is 12.1 Å². The minimum atomic E-state index is -0.427. The molecule has 5 heteroatoms. The first-order valence-corrected chi connectivity index (χ1v) is 6.55. The molecule has 0 aliphatic rings. The SMILES string of the molecule is CCN(CCCO)CCC(=O)Nc1ccccc1F. The van der Waals surface area contributed by atoms with Gasteiger partial charge in [0.2, 0.25) is 5.91 Å². The van der Waals surface area contributed by atoms with Gasteiger partial charge in [0, 0.05) is 26.1 Å². The maximum atomic E-state index is 13.3. The molecule has 0 aliphatic heterocycles. The van der Waals surface area contributed by atoms with Gasteiger partial charge in [-0.2, -0.15) is 0 Å². The van der Waals surface area contributed by atoms with Crippen molar-refractivity contribution in [1.29, 1.82) is 0 Å². The van der Waals surface area contributed by atoms with E-state index in [1.54, 1.807) is 12.1 Å². The number of benzene rings is 1. The van der Waals surface area contributed by atoms with Gasteiger partial charge in [0.1, 0.15) is 5.82 Å². The van der Waals surface area contributed by atoms with Gasteiger partial charge in [0.15, 0.2) is 0 Å². The lowest BCUT2D eigenvalue weighted by molar-refractivity contribution is -0.116. The Morgan fingerprint density at radius 3 is 2.74 bits per heavy atom. The molecular formula is C14H21FN2O2. The molecule has 1 rings (SSSR count). The number of rotatable bonds is 8. The maximum absolute atomic E-state index is 13.3. The number of nitrogens with zero attached hydrogens (tertiary/aromatic N) is 1. The molecule has 0 unspecified atom stereocenters. The number of para-hydroxylation sites is 1. The van der Waals surface area contributed by atoms with Crippen LogP contribution in [0.2, 0.25) is 0 Å². The van der Waals surface area contributed by atoms with Crippen LogP contribution in [-0.4, -0.2) is 42.2 Å². The molecule has 0 aliphatic carbocycles. The molecule has 0 atom stereocenters. The normalized spacial score (nSPS) is 10.7. The number of halogens is 1. The van der Waals surface area contributed by atoms with Crippen molar-refractivity contribution in [1.82, 2.24) is 4.90 Å². The molecule has 1 amide bonds. The standard InChI is InChI=1S/C14H21FN2O2/c1-2-17(9-5-11-18)10-8-14(19)16-13-7-4-3-6-12(13)15/h3-4,6-7,18H,2,5,8-11H2,1H3,(H,16,19). The van der Waals surface area contributed by atoms with Crippen LogP contribution in [-0.2, 0) is 4.79 Å². The molecule has 0 bridgehead atoms. The molecule has 0 heterocycles. The highest BCUT2D eigenvalue weighted by atomic mass is 19.1. The van der Waals surface area contributed by atoms with Gasteiger partial charge in [-0.1, -0.05) is 19.1 Å². The zero-order chi connectivity index (χ0) is 14.1. The van der Waals surface area contributed by atoms with E-state index in [2.05, 4.69) is 10.2 Å². The monoisotopic (exact) mass is 268 g/mol. The average Bonchev–Trinajstić information content (AvgIpc) is 2.41. The summed E-state index contributed by atoms with van der Waals surface area (Å²) < 4.78 is 13.3. The highest BCUT2D eigenvalue weighted by molar-refractivity contribution is 5.90. The minimum absolute atomic E-state index is 0.151. The van der Waals surface area contributed by atoms with Crippen LogP contribution in [0.15, 0.2) is 24.3 Å². The lowest BCUT2D eigenvalue weighted by Gasteiger charge is -2.19. The fourth-order valence-corrected chi connectivity index (χ4v) is 1.76. The van der Waals surface area contributed by atoms with Gasteiger partial charge in [-0.25, -0.2) is 4.39 Å². The Labute approximate surface area is 113 Å². The van der Waals surface area contributed by atoms with Gasteiger partial charge in [0.25, 0.3) is 0 Å². The quantitative estimate of drug-likeness (QED) is 0.756. The van der Waals surface area contributed by atoms with E-state index in [-0.39, 0.29) is 18.2 Å². The van der Waals surface area contributed by atoms with Gasteiger partial charge in [-0.3, -0.25) is 4.79 Å². The van der Waals surface area contributed by atoms with Crippen LogP contribution in [0.4, 0.5) is 10.1 Å². The van der Waals surface area contributed by atoms with Crippen molar-refractivity contribution in [2.24, 2.45) is 0 Å². The van der Waals surface area contributed by atoms with E-state index in [0.29, 0.717) is 19.4 Å². The van der Waals surface area contributed by atoms with E-state index in [1.807, 2.05) is 6.92 Å². The predicted octanol–water partition coefficient (Wildman–Crippen LogP) is 1.86. The molecule has 2 N–H and O–H groups in total. The maximum Gasteiger partial charge on any atom is 0.225 e. The molecule has 0 fully saturated rings. The Balaban J connectivity index is 2.37. The Bertz CT molecular complexity index is 399. The molecule has 0 spiro atoms. The summed E-state index contributed by atoms with van der Waals surface area (Å²) in [6.07, 6.45) is 1.01. The smallest absolute Gasteiger partial charge is 0.225 e. The van der Waals surface area contributed by atoms with Gasteiger partial charge in [0.05, 0.1) is 5.69 Å². The van der Waals surface area contributed by atoms with Crippen LogP contribution in [0.1, 0.15) is 19.8 Å². The summed E-state index contributed by atoms with van der Waals surface area (Å²) in [5, 5.41) is 11.3. The van der Waals surface area contributed by atoms with Crippen LogP contribution < -0.4 is 5.32 Å². The highest BCUT2D eigenvalue weighted by Gasteiger charge is 2.08. The van der Waals surface area contributed by atoms with Crippen molar-refractivity contribution >= 4 is 11.6 Å². The van der Waals surface area contributed by atoms with Crippen LogP contribution in [0.5, 0.6) is 0 Å². The van der Waals surface area contributed by atoms with Gasteiger partial charge >= 0.3 is 0 Å². The molecule has 0 saturated heterocycles. The van der Waals surface area contributed by atoms with Gasteiger partial charge < -0.3 is 15.3 Å².